The fraction of sp³-hybridized carbons (Fsp3) is 0.833. The molecule has 2 saturated heterocycles. The minimum atomic E-state index is -4.78. The third-order valence-corrected chi connectivity index (χ3v) is 4.78. The Kier molecular flexibility index (Phi) is 4.45. The quantitative estimate of drug-likeness (QED) is 0.528. The number of piperidine rings is 1. The maximum atomic E-state index is 12.2. The van der Waals surface area contributed by atoms with E-state index in [1.165, 1.54) is 4.90 Å². The highest BCUT2D eigenvalue weighted by Crippen LogP contribution is 2.30. The molecule has 3 fully saturated rings. The molecular weight excluding hydrogens is 330 g/mol. The molecule has 1 saturated carbocycles. The van der Waals surface area contributed by atoms with Gasteiger partial charge in [-0.2, -0.15) is 13.5 Å². The predicted molar refractivity (Wildman–Crippen MR) is 74.9 cm³/mol. The van der Waals surface area contributed by atoms with Gasteiger partial charge in [-0.3, -0.25) is 14.2 Å². The van der Waals surface area contributed by atoms with Gasteiger partial charge in [0.05, 0.1) is 12.1 Å². The van der Waals surface area contributed by atoms with Crippen LogP contribution in [0.4, 0.5) is 4.79 Å². The van der Waals surface area contributed by atoms with Crippen molar-refractivity contribution in [3.63, 3.8) is 0 Å². The Morgan fingerprint density at radius 2 is 1.91 bits per heavy atom. The molecule has 2 N–H and O–H groups in total. The zero-order valence-corrected chi connectivity index (χ0v) is 13.2. The van der Waals surface area contributed by atoms with Crippen molar-refractivity contribution in [3.05, 3.63) is 0 Å². The number of fused-ring (bicyclic) bond motifs is 2. The first-order valence-corrected chi connectivity index (χ1v) is 8.94. The van der Waals surface area contributed by atoms with Crippen LogP contribution in [0.15, 0.2) is 0 Å². The third-order valence-electron chi connectivity index (χ3n) is 4.43. The van der Waals surface area contributed by atoms with Crippen LogP contribution in [0.3, 0.4) is 0 Å². The molecule has 0 unspecified atom stereocenters. The maximum absolute atomic E-state index is 12.2. The number of hydrogen-bond donors (Lipinski definition) is 2. The average molecular weight is 349 g/mol. The Balaban J connectivity index is 1.60. The van der Waals surface area contributed by atoms with Crippen LogP contribution in [-0.4, -0.2) is 59.6 Å². The van der Waals surface area contributed by atoms with Crippen LogP contribution < -0.4 is 5.48 Å². The lowest BCUT2D eigenvalue weighted by Gasteiger charge is -2.29. The van der Waals surface area contributed by atoms with E-state index in [0.29, 0.717) is 17.9 Å². The Morgan fingerprint density at radius 3 is 2.57 bits per heavy atom. The Hall–Kier alpha value is -1.43. The van der Waals surface area contributed by atoms with E-state index in [2.05, 4.69) is 9.76 Å². The van der Waals surface area contributed by atoms with Gasteiger partial charge < -0.3 is 4.90 Å². The van der Waals surface area contributed by atoms with Crippen LogP contribution in [0.1, 0.15) is 38.5 Å². The van der Waals surface area contributed by atoms with Gasteiger partial charge in [0, 0.05) is 6.54 Å². The van der Waals surface area contributed by atoms with Crippen molar-refractivity contribution in [1.82, 2.24) is 15.4 Å². The van der Waals surface area contributed by atoms with Gasteiger partial charge in [-0.25, -0.2) is 10.3 Å². The van der Waals surface area contributed by atoms with Crippen molar-refractivity contribution in [2.45, 2.75) is 56.7 Å². The number of rotatable bonds is 5. The van der Waals surface area contributed by atoms with Crippen LogP contribution >= 0.6 is 0 Å². The van der Waals surface area contributed by atoms with Crippen molar-refractivity contribution in [3.8, 4) is 0 Å². The van der Waals surface area contributed by atoms with Gasteiger partial charge in [0.2, 0.25) is 0 Å². The summed E-state index contributed by atoms with van der Waals surface area (Å²) in [6.45, 7) is 0.163. The number of hydrogen-bond acceptors (Lipinski definition) is 6. The van der Waals surface area contributed by atoms with Gasteiger partial charge in [-0.05, 0) is 25.7 Å². The monoisotopic (exact) mass is 349 g/mol. The highest BCUT2D eigenvalue weighted by atomic mass is 32.3. The molecule has 1 aliphatic carbocycles. The zero-order valence-electron chi connectivity index (χ0n) is 12.4. The molecule has 0 radical (unpaired) electrons. The molecule has 10 nitrogen and oxygen atoms in total. The molecule has 0 aromatic heterocycles. The minimum Gasteiger partial charge on any atom is -0.309 e. The summed E-state index contributed by atoms with van der Waals surface area (Å²) in [5, 5.41) is 0.612. The molecular formula is C12H19N3O7S. The topological polar surface area (TPSA) is 125 Å². The van der Waals surface area contributed by atoms with Gasteiger partial charge in [0.25, 0.3) is 5.91 Å². The second kappa shape index (κ2) is 6.23. The number of carbonyl (C=O) groups is 2. The molecule has 0 aromatic carbocycles. The molecule has 3 rings (SSSR count). The van der Waals surface area contributed by atoms with E-state index < -0.39 is 34.4 Å². The van der Waals surface area contributed by atoms with Gasteiger partial charge in [0.1, 0.15) is 6.04 Å². The molecule has 3 aliphatic rings. The summed E-state index contributed by atoms with van der Waals surface area (Å²) in [7, 11) is -4.78. The van der Waals surface area contributed by atoms with Crippen LogP contribution in [-0.2, 0) is 24.3 Å². The molecule has 3 amide bonds. The average Bonchev–Trinajstić information content (AvgIpc) is 3.08. The number of carbonyl (C=O) groups excluding carboxylic acids is 2. The van der Waals surface area contributed by atoms with E-state index in [1.807, 2.05) is 0 Å². The summed E-state index contributed by atoms with van der Waals surface area (Å²) in [6.07, 6.45) is 4.68. The summed E-state index contributed by atoms with van der Waals surface area (Å²) in [5.41, 5.74) is 2.40. The van der Waals surface area contributed by atoms with Crippen LogP contribution in [0.5, 0.6) is 0 Å². The van der Waals surface area contributed by atoms with E-state index in [1.54, 1.807) is 0 Å². The fourth-order valence-corrected chi connectivity index (χ4v) is 3.71. The lowest BCUT2D eigenvalue weighted by molar-refractivity contribution is -0.143. The number of amides is 3. The number of hydroxylamine groups is 3. The SMILES string of the molecule is O=C(NOC1CCCC1)[C@@H]1CC[C@@H]2CN1C(=O)N2OS(=O)(=O)O. The van der Waals surface area contributed by atoms with E-state index in [9.17, 15) is 18.0 Å². The minimum absolute atomic E-state index is 0.00364. The first-order chi connectivity index (χ1) is 10.8. The van der Waals surface area contributed by atoms with E-state index in [-0.39, 0.29) is 12.6 Å². The van der Waals surface area contributed by atoms with Crippen LogP contribution in [0, 0.1) is 0 Å². The van der Waals surface area contributed by atoms with E-state index >= 15 is 0 Å². The second-order valence-electron chi connectivity index (χ2n) is 6.00. The number of nitrogens with one attached hydrogen (secondary N) is 1. The molecule has 0 aromatic rings. The van der Waals surface area contributed by atoms with Crippen LogP contribution in [0.2, 0.25) is 0 Å². The molecule has 2 atom stereocenters. The normalized spacial score (nSPS) is 28.5. The number of urea groups is 1. The van der Waals surface area contributed by atoms with Gasteiger partial charge in [-0.1, -0.05) is 12.8 Å². The first-order valence-electron chi connectivity index (χ1n) is 7.57. The molecule has 2 bridgehead atoms. The highest BCUT2D eigenvalue weighted by molar-refractivity contribution is 7.80. The molecule has 0 spiro atoms. The zero-order chi connectivity index (χ0) is 16.6. The Bertz CT molecular complexity index is 589. The van der Waals surface area contributed by atoms with Crippen LogP contribution in [0.25, 0.3) is 0 Å². The number of nitrogens with zero attached hydrogens (tertiary/aromatic N) is 2. The fourth-order valence-electron chi connectivity index (χ4n) is 3.32. The standard InChI is InChI=1S/C12H19N3O7S/c16-11(13-21-9-3-1-2-4-9)10-6-5-8-7-14(10)12(17)15(8)22-23(18,19)20/h8-10H,1-7H2,(H,13,16)(H,18,19,20)/t8-,10+/m1/s1. The smallest absolute Gasteiger partial charge is 0.309 e. The van der Waals surface area contributed by atoms with Gasteiger partial charge >= 0.3 is 16.4 Å². The largest absolute Gasteiger partial charge is 0.418 e. The summed E-state index contributed by atoms with van der Waals surface area (Å²) in [4.78, 5) is 31.0. The predicted octanol–water partition coefficient (Wildman–Crippen LogP) is -0.0202. The van der Waals surface area contributed by atoms with E-state index in [0.717, 1.165) is 25.7 Å². The summed E-state index contributed by atoms with van der Waals surface area (Å²) < 4.78 is 34.7. The summed E-state index contributed by atoms with van der Waals surface area (Å²) in [5.74, 6) is -0.433. The van der Waals surface area contributed by atoms with Crippen molar-refractivity contribution in [2.75, 3.05) is 6.54 Å². The van der Waals surface area contributed by atoms with Gasteiger partial charge in [0.15, 0.2) is 0 Å². The molecule has 130 valence electrons. The Morgan fingerprint density at radius 1 is 1.22 bits per heavy atom. The summed E-state index contributed by atoms with van der Waals surface area (Å²) in [6, 6.07) is -2.01. The van der Waals surface area contributed by atoms with Crippen molar-refractivity contribution < 1.29 is 31.7 Å². The van der Waals surface area contributed by atoms with E-state index in [4.69, 9.17) is 9.39 Å². The van der Waals surface area contributed by atoms with Crippen molar-refractivity contribution >= 4 is 22.3 Å². The molecule has 11 heteroatoms. The molecule has 23 heavy (non-hydrogen) atoms. The molecule has 2 heterocycles. The first kappa shape index (κ1) is 16.4. The van der Waals surface area contributed by atoms with Crippen molar-refractivity contribution in [2.24, 2.45) is 0 Å². The lowest BCUT2D eigenvalue weighted by Crippen LogP contribution is -2.50. The summed E-state index contributed by atoms with van der Waals surface area (Å²) >= 11 is 0. The Labute approximate surface area is 133 Å². The van der Waals surface area contributed by atoms with Crippen molar-refractivity contribution in [1.29, 1.82) is 0 Å². The maximum Gasteiger partial charge on any atom is 0.418 e. The lowest BCUT2D eigenvalue weighted by atomic mass is 10.0. The second-order valence-corrected chi connectivity index (χ2v) is 7.01. The van der Waals surface area contributed by atoms with Gasteiger partial charge in [-0.15, -0.1) is 4.28 Å². The molecule has 2 aliphatic heterocycles. The third kappa shape index (κ3) is 3.57. The highest BCUT2D eigenvalue weighted by Gasteiger charge is 2.49.